The van der Waals surface area contributed by atoms with Gasteiger partial charge in [0.05, 0.1) is 6.33 Å². The van der Waals surface area contributed by atoms with Gasteiger partial charge in [-0.05, 0) is 48.5 Å². The zero-order valence-corrected chi connectivity index (χ0v) is 16.2. The summed E-state index contributed by atoms with van der Waals surface area (Å²) in [5.74, 6) is 0. The molecule has 0 amide bonds. The Morgan fingerprint density at radius 3 is 1.84 bits per heavy atom. The predicted octanol–water partition coefficient (Wildman–Crippen LogP) is 4.85. The molecule has 2 nitrogen and oxygen atoms in total. The van der Waals surface area contributed by atoms with Crippen molar-refractivity contribution in [1.29, 1.82) is 0 Å². The lowest BCUT2D eigenvalue weighted by atomic mass is 10.2. The first-order valence-corrected chi connectivity index (χ1v) is 12.2. The van der Waals surface area contributed by atoms with Crippen LogP contribution < -0.4 is 0 Å². The molecule has 0 aliphatic carbocycles. The van der Waals surface area contributed by atoms with Gasteiger partial charge in [0.2, 0.25) is 0 Å². The van der Waals surface area contributed by atoms with Crippen LogP contribution in [0.25, 0.3) is 0 Å². The molecule has 3 rings (SSSR count). The Morgan fingerprint density at radius 2 is 1.36 bits per heavy atom. The van der Waals surface area contributed by atoms with E-state index in [4.69, 9.17) is 11.8 Å². The molecule has 3 aromatic rings. The third-order valence-corrected chi connectivity index (χ3v) is 9.36. The van der Waals surface area contributed by atoms with E-state index in [9.17, 15) is 0 Å². The lowest BCUT2D eigenvalue weighted by Crippen LogP contribution is -2.09. The van der Waals surface area contributed by atoms with Crippen molar-refractivity contribution >= 4 is 17.8 Å². The zero-order chi connectivity index (χ0) is 17.4. The standard InChI is InChI=1S/C21H25N2PS/c25-24(18-15-23-14-13-22-19-23,16-11-20-7-3-1-4-8-20)17-12-21-9-5-2-6-10-21/h1-10,13-14,19H,11-12,15-18H2. The van der Waals surface area contributed by atoms with Crippen LogP contribution in [0.3, 0.4) is 0 Å². The molecule has 0 saturated heterocycles. The Bertz CT molecular complexity index is 738. The maximum absolute atomic E-state index is 6.25. The van der Waals surface area contributed by atoms with Crippen molar-refractivity contribution in [2.24, 2.45) is 0 Å². The molecule has 0 atom stereocenters. The van der Waals surface area contributed by atoms with Gasteiger partial charge in [-0.25, -0.2) is 4.98 Å². The third-order valence-electron chi connectivity index (χ3n) is 4.63. The van der Waals surface area contributed by atoms with Gasteiger partial charge in [-0.2, -0.15) is 0 Å². The molecule has 0 saturated carbocycles. The van der Waals surface area contributed by atoms with E-state index in [1.807, 2.05) is 18.7 Å². The van der Waals surface area contributed by atoms with Crippen molar-refractivity contribution < 1.29 is 0 Å². The fourth-order valence-corrected chi connectivity index (χ4v) is 6.40. The first kappa shape index (κ1) is 18.1. The molecule has 1 aromatic heterocycles. The summed E-state index contributed by atoms with van der Waals surface area (Å²) in [5, 5.41) is 0. The van der Waals surface area contributed by atoms with Gasteiger partial charge in [-0.1, -0.05) is 72.5 Å². The summed E-state index contributed by atoms with van der Waals surface area (Å²) >= 11 is 6.25. The molecule has 1 heterocycles. The van der Waals surface area contributed by atoms with Crippen molar-refractivity contribution in [3.63, 3.8) is 0 Å². The summed E-state index contributed by atoms with van der Waals surface area (Å²) in [6.45, 7) is 0.987. The molecule has 0 spiro atoms. The van der Waals surface area contributed by atoms with Gasteiger partial charge in [0.25, 0.3) is 0 Å². The number of rotatable bonds is 9. The molecule has 0 unspecified atom stereocenters. The predicted molar refractivity (Wildman–Crippen MR) is 111 cm³/mol. The molecule has 130 valence electrons. The fraction of sp³-hybridized carbons (Fsp3) is 0.286. The second kappa shape index (κ2) is 9.12. The van der Waals surface area contributed by atoms with E-state index >= 15 is 0 Å². The third kappa shape index (κ3) is 5.95. The van der Waals surface area contributed by atoms with Gasteiger partial charge < -0.3 is 4.57 Å². The SMILES string of the molecule is S=P(CCc1ccccc1)(CCc1ccccc1)CCn1ccnc1. The van der Waals surface area contributed by atoms with Crippen molar-refractivity contribution in [3.05, 3.63) is 90.5 Å². The van der Waals surface area contributed by atoms with Gasteiger partial charge in [-0.3, -0.25) is 0 Å². The summed E-state index contributed by atoms with van der Waals surface area (Å²) in [4.78, 5) is 4.15. The summed E-state index contributed by atoms with van der Waals surface area (Å²) in [6, 6.07) is 20.1. The van der Waals surface area contributed by atoms with Crippen LogP contribution in [-0.2, 0) is 31.2 Å². The van der Waals surface area contributed by atoms with E-state index in [1.54, 1.807) is 0 Å². The van der Waals surface area contributed by atoms with Crippen LogP contribution in [0.2, 0.25) is 0 Å². The van der Waals surface area contributed by atoms with E-state index in [1.165, 1.54) is 11.1 Å². The van der Waals surface area contributed by atoms with Crippen molar-refractivity contribution in [2.45, 2.75) is 19.4 Å². The Morgan fingerprint density at radius 1 is 0.800 bits per heavy atom. The van der Waals surface area contributed by atoms with Crippen molar-refractivity contribution in [2.75, 3.05) is 18.5 Å². The smallest absolute Gasteiger partial charge is 0.0946 e. The Labute approximate surface area is 155 Å². The quantitative estimate of drug-likeness (QED) is 0.503. The van der Waals surface area contributed by atoms with Crippen LogP contribution in [0.1, 0.15) is 11.1 Å². The van der Waals surface area contributed by atoms with Crippen LogP contribution in [0.4, 0.5) is 0 Å². The second-order valence-electron chi connectivity index (χ2n) is 6.50. The fourth-order valence-electron chi connectivity index (χ4n) is 3.01. The minimum absolute atomic E-state index is 0.987. The van der Waals surface area contributed by atoms with Gasteiger partial charge in [-0.15, -0.1) is 0 Å². The monoisotopic (exact) mass is 368 g/mol. The Balaban J connectivity index is 1.64. The van der Waals surface area contributed by atoms with Crippen LogP contribution in [0.15, 0.2) is 79.4 Å². The Kier molecular flexibility index (Phi) is 6.61. The highest BCUT2D eigenvalue weighted by atomic mass is 32.4. The summed E-state index contributed by atoms with van der Waals surface area (Å²) in [6.07, 6.45) is 11.4. The normalized spacial score (nSPS) is 11.5. The molecule has 0 fully saturated rings. The summed E-state index contributed by atoms with van der Waals surface area (Å²) in [5.41, 5.74) is 2.80. The Hall–Kier alpha value is -1.70. The van der Waals surface area contributed by atoms with Gasteiger partial charge >= 0.3 is 0 Å². The first-order chi connectivity index (χ1) is 12.2. The largest absolute Gasteiger partial charge is 0.337 e. The molecule has 0 aliphatic heterocycles. The highest BCUT2D eigenvalue weighted by Gasteiger charge is 2.17. The number of benzene rings is 2. The van der Waals surface area contributed by atoms with Crippen LogP contribution in [0.5, 0.6) is 0 Å². The molecular formula is C21H25N2PS. The second-order valence-corrected chi connectivity index (χ2v) is 12.3. The van der Waals surface area contributed by atoms with Crippen LogP contribution in [-0.4, -0.2) is 28.0 Å². The average molecular weight is 368 g/mol. The van der Waals surface area contributed by atoms with Gasteiger partial charge in [0, 0.05) is 18.9 Å². The summed E-state index contributed by atoms with van der Waals surface area (Å²) < 4.78 is 2.16. The van der Waals surface area contributed by atoms with E-state index in [0.717, 1.165) is 37.9 Å². The average Bonchev–Trinajstić information content (AvgIpc) is 3.19. The molecule has 0 N–H and O–H groups in total. The number of hydrogen-bond acceptors (Lipinski definition) is 2. The number of nitrogens with zero attached hydrogens (tertiary/aromatic N) is 2. The van der Waals surface area contributed by atoms with E-state index in [0.29, 0.717) is 0 Å². The minimum atomic E-state index is -1.41. The number of aromatic nitrogens is 2. The first-order valence-electron chi connectivity index (χ1n) is 8.84. The number of hydrogen-bond donors (Lipinski definition) is 0. The lowest BCUT2D eigenvalue weighted by molar-refractivity contribution is 0.764. The molecule has 0 aliphatic rings. The van der Waals surface area contributed by atoms with E-state index in [2.05, 4.69) is 70.2 Å². The van der Waals surface area contributed by atoms with Crippen molar-refractivity contribution in [3.8, 4) is 0 Å². The maximum Gasteiger partial charge on any atom is 0.0946 e. The zero-order valence-electron chi connectivity index (χ0n) is 14.5. The molecule has 0 radical (unpaired) electrons. The molecular weight excluding hydrogens is 343 g/mol. The van der Waals surface area contributed by atoms with Crippen LogP contribution >= 0.6 is 6.04 Å². The highest BCUT2D eigenvalue weighted by molar-refractivity contribution is 8.14. The molecule has 25 heavy (non-hydrogen) atoms. The molecule has 2 aromatic carbocycles. The van der Waals surface area contributed by atoms with E-state index < -0.39 is 6.04 Å². The molecule has 0 bridgehead atoms. The minimum Gasteiger partial charge on any atom is -0.337 e. The number of imidazole rings is 1. The van der Waals surface area contributed by atoms with Crippen LogP contribution in [0, 0.1) is 0 Å². The van der Waals surface area contributed by atoms with Gasteiger partial charge in [0.1, 0.15) is 0 Å². The van der Waals surface area contributed by atoms with Crippen molar-refractivity contribution in [1.82, 2.24) is 9.55 Å². The lowest BCUT2D eigenvalue weighted by Gasteiger charge is -2.23. The summed E-state index contributed by atoms with van der Waals surface area (Å²) in [7, 11) is 0. The molecule has 4 heteroatoms. The highest BCUT2D eigenvalue weighted by Crippen LogP contribution is 2.47. The van der Waals surface area contributed by atoms with Gasteiger partial charge in [0.15, 0.2) is 0 Å². The van der Waals surface area contributed by atoms with E-state index in [-0.39, 0.29) is 0 Å². The topological polar surface area (TPSA) is 17.8 Å². The maximum atomic E-state index is 6.25. The number of aryl methyl sites for hydroxylation is 3.